The molecule has 0 saturated carbocycles. The number of rotatable bonds is 6. The first kappa shape index (κ1) is 11.4. The van der Waals surface area contributed by atoms with Crippen LogP contribution in [0.15, 0.2) is 0 Å². The Morgan fingerprint density at radius 3 is 2.25 bits per heavy atom. The highest BCUT2D eigenvalue weighted by molar-refractivity contribution is 4.73. The lowest BCUT2D eigenvalue weighted by atomic mass is 10.3. The highest BCUT2D eigenvalue weighted by Gasteiger charge is 2.00. The minimum Gasteiger partial charge on any atom is -0.376 e. The maximum Gasteiger partial charge on any atom is 0.0704 e. The van der Waals surface area contributed by atoms with Crippen LogP contribution in [-0.4, -0.2) is 25.4 Å². The van der Waals surface area contributed by atoms with Crippen molar-refractivity contribution >= 4 is 0 Å². The van der Waals surface area contributed by atoms with Crippen LogP contribution < -0.4 is 0 Å². The molecule has 12 heavy (non-hydrogen) atoms. The Hall–Kier alpha value is -0.590. The van der Waals surface area contributed by atoms with Gasteiger partial charge in [-0.2, -0.15) is 5.26 Å². The summed E-state index contributed by atoms with van der Waals surface area (Å²) in [5.41, 5.74) is 0. The first-order valence-electron chi connectivity index (χ1n) is 4.27. The Labute approximate surface area is 74.3 Å². The Bertz CT molecular complexity index is 140. The van der Waals surface area contributed by atoms with Crippen LogP contribution in [0.25, 0.3) is 0 Å². The van der Waals surface area contributed by atoms with Crippen molar-refractivity contribution in [2.75, 3.05) is 13.2 Å². The third-order valence-electron chi connectivity index (χ3n) is 1.32. The third-order valence-corrected chi connectivity index (χ3v) is 1.32. The molecule has 3 heteroatoms. The van der Waals surface area contributed by atoms with E-state index in [1.807, 2.05) is 20.8 Å². The van der Waals surface area contributed by atoms with Crippen molar-refractivity contribution in [3.8, 4) is 6.07 Å². The van der Waals surface area contributed by atoms with Crippen molar-refractivity contribution < 1.29 is 9.47 Å². The van der Waals surface area contributed by atoms with Crippen molar-refractivity contribution in [1.82, 2.24) is 0 Å². The van der Waals surface area contributed by atoms with Crippen molar-refractivity contribution in [2.24, 2.45) is 0 Å². The summed E-state index contributed by atoms with van der Waals surface area (Å²) in [6, 6.07) is 2.05. The zero-order chi connectivity index (χ0) is 9.40. The van der Waals surface area contributed by atoms with Crippen LogP contribution in [0, 0.1) is 11.3 Å². The van der Waals surface area contributed by atoms with E-state index in [1.54, 1.807) is 0 Å². The van der Waals surface area contributed by atoms with Crippen molar-refractivity contribution in [3.05, 3.63) is 0 Å². The molecule has 0 aromatic heterocycles. The number of hydrogen-bond acceptors (Lipinski definition) is 3. The van der Waals surface area contributed by atoms with Gasteiger partial charge >= 0.3 is 0 Å². The quantitative estimate of drug-likeness (QED) is 0.571. The Balaban J connectivity index is 3.15. The molecule has 0 aliphatic carbocycles. The lowest BCUT2D eigenvalue weighted by Gasteiger charge is -2.11. The maximum atomic E-state index is 8.32. The molecule has 0 N–H and O–H groups in total. The molecule has 0 amide bonds. The van der Waals surface area contributed by atoms with Gasteiger partial charge in [-0.15, -0.1) is 0 Å². The van der Waals surface area contributed by atoms with Crippen LogP contribution in [0.3, 0.4) is 0 Å². The molecule has 0 saturated heterocycles. The predicted octanol–water partition coefficient (Wildman–Crippen LogP) is 1.73. The van der Waals surface area contributed by atoms with Gasteiger partial charge in [0.15, 0.2) is 0 Å². The second-order valence-electron chi connectivity index (χ2n) is 2.96. The van der Waals surface area contributed by atoms with E-state index in [1.165, 1.54) is 0 Å². The predicted molar refractivity (Wildman–Crippen MR) is 46.7 cm³/mol. The zero-order valence-electron chi connectivity index (χ0n) is 8.04. The van der Waals surface area contributed by atoms with E-state index >= 15 is 0 Å². The van der Waals surface area contributed by atoms with E-state index in [-0.39, 0.29) is 12.2 Å². The normalized spacial score (nSPS) is 12.9. The van der Waals surface area contributed by atoms with Gasteiger partial charge in [-0.3, -0.25) is 0 Å². The standard InChI is InChI=1S/C9H17NO2/c1-8(2)11-6-7-12-9(3)4-5-10/h8-9H,4,6-7H2,1-3H3. The smallest absolute Gasteiger partial charge is 0.0704 e. The molecule has 1 unspecified atom stereocenters. The summed E-state index contributed by atoms with van der Waals surface area (Å²) in [4.78, 5) is 0. The van der Waals surface area contributed by atoms with Crippen LogP contribution in [0.1, 0.15) is 27.2 Å². The minimum absolute atomic E-state index is 0.0192. The van der Waals surface area contributed by atoms with E-state index < -0.39 is 0 Å². The topological polar surface area (TPSA) is 42.2 Å². The van der Waals surface area contributed by atoms with E-state index in [2.05, 4.69) is 6.07 Å². The van der Waals surface area contributed by atoms with Crippen LogP contribution >= 0.6 is 0 Å². The largest absolute Gasteiger partial charge is 0.376 e. The van der Waals surface area contributed by atoms with Gasteiger partial charge < -0.3 is 9.47 Å². The van der Waals surface area contributed by atoms with Gasteiger partial charge in [0, 0.05) is 0 Å². The van der Waals surface area contributed by atoms with E-state index in [9.17, 15) is 0 Å². The fourth-order valence-electron chi connectivity index (χ4n) is 0.721. The fourth-order valence-corrected chi connectivity index (χ4v) is 0.721. The second kappa shape index (κ2) is 7.08. The molecule has 0 aliphatic rings. The van der Waals surface area contributed by atoms with E-state index in [0.717, 1.165) is 0 Å². The minimum atomic E-state index is 0.0192. The SMILES string of the molecule is CC(C)OCCOC(C)CC#N. The summed E-state index contributed by atoms with van der Waals surface area (Å²) in [5.74, 6) is 0. The van der Waals surface area contributed by atoms with Gasteiger partial charge in [0.05, 0.1) is 37.9 Å². The molecule has 0 aromatic carbocycles. The molecule has 0 fully saturated rings. The molecule has 0 radical (unpaired) electrons. The summed E-state index contributed by atoms with van der Waals surface area (Å²) >= 11 is 0. The molecule has 0 spiro atoms. The fraction of sp³-hybridized carbons (Fsp3) is 0.889. The van der Waals surface area contributed by atoms with Crippen LogP contribution in [0.2, 0.25) is 0 Å². The monoisotopic (exact) mass is 171 g/mol. The summed E-state index contributed by atoms with van der Waals surface area (Å²) in [5, 5.41) is 8.32. The van der Waals surface area contributed by atoms with Gasteiger partial charge in [0.2, 0.25) is 0 Å². The Kier molecular flexibility index (Phi) is 6.73. The van der Waals surface area contributed by atoms with Gasteiger partial charge in [0.25, 0.3) is 0 Å². The molecule has 0 aromatic rings. The van der Waals surface area contributed by atoms with Crippen molar-refractivity contribution in [2.45, 2.75) is 39.4 Å². The average Bonchev–Trinajstić information content (AvgIpc) is 1.98. The lowest BCUT2D eigenvalue weighted by Crippen LogP contribution is -2.14. The number of hydrogen-bond donors (Lipinski definition) is 0. The lowest BCUT2D eigenvalue weighted by molar-refractivity contribution is -0.00506. The summed E-state index contributed by atoms with van der Waals surface area (Å²) in [7, 11) is 0. The highest BCUT2D eigenvalue weighted by Crippen LogP contribution is 1.96. The number of nitrogens with zero attached hydrogens (tertiary/aromatic N) is 1. The number of nitriles is 1. The van der Waals surface area contributed by atoms with Gasteiger partial charge in [-0.05, 0) is 20.8 Å². The van der Waals surface area contributed by atoms with Gasteiger partial charge in [-0.25, -0.2) is 0 Å². The molecule has 0 bridgehead atoms. The average molecular weight is 171 g/mol. The van der Waals surface area contributed by atoms with Crippen molar-refractivity contribution in [1.29, 1.82) is 5.26 Å². The van der Waals surface area contributed by atoms with Crippen LogP contribution in [0.4, 0.5) is 0 Å². The second-order valence-corrected chi connectivity index (χ2v) is 2.96. The molecular weight excluding hydrogens is 154 g/mol. The highest BCUT2D eigenvalue weighted by atomic mass is 16.5. The first-order chi connectivity index (χ1) is 5.66. The number of ether oxygens (including phenoxy) is 2. The van der Waals surface area contributed by atoms with Crippen molar-refractivity contribution in [3.63, 3.8) is 0 Å². The molecule has 0 rings (SSSR count). The summed E-state index contributed by atoms with van der Waals surface area (Å²) in [6.07, 6.45) is 0.715. The van der Waals surface area contributed by atoms with Crippen LogP contribution in [-0.2, 0) is 9.47 Å². The molecular formula is C9H17NO2. The zero-order valence-corrected chi connectivity index (χ0v) is 8.04. The Morgan fingerprint density at radius 2 is 1.75 bits per heavy atom. The van der Waals surface area contributed by atoms with Crippen LogP contribution in [0.5, 0.6) is 0 Å². The molecule has 70 valence electrons. The molecule has 0 aliphatic heterocycles. The molecule has 0 heterocycles. The molecule has 3 nitrogen and oxygen atoms in total. The maximum absolute atomic E-state index is 8.32. The summed E-state index contributed by atoms with van der Waals surface area (Å²) < 4.78 is 10.5. The van der Waals surface area contributed by atoms with E-state index in [0.29, 0.717) is 19.6 Å². The van der Waals surface area contributed by atoms with Gasteiger partial charge in [-0.1, -0.05) is 0 Å². The molecule has 1 atom stereocenters. The van der Waals surface area contributed by atoms with E-state index in [4.69, 9.17) is 14.7 Å². The third kappa shape index (κ3) is 7.52. The first-order valence-corrected chi connectivity index (χ1v) is 4.27. The Morgan fingerprint density at radius 1 is 1.17 bits per heavy atom. The van der Waals surface area contributed by atoms with Gasteiger partial charge in [0.1, 0.15) is 0 Å². The summed E-state index contributed by atoms with van der Waals surface area (Å²) in [6.45, 7) is 7.03.